The van der Waals surface area contributed by atoms with Crippen molar-refractivity contribution in [3.63, 3.8) is 0 Å². The van der Waals surface area contributed by atoms with Gasteiger partial charge in [0.2, 0.25) is 0 Å². The maximum Gasteiger partial charge on any atom is 0.472 e. The van der Waals surface area contributed by atoms with Crippen LogP contribution in [0.1, 0.15) is 123 Å². The van der Waals surface area contributed by atoms with E-state index in [1.165, 1.54) is 0 Å². The number of hydrogen-bond acceptors (Lipinski definition) is 13. The lowest BCUT2D eigenvalue weighted by Crippen LogP contribution is -2.64. The maximum atomic E-state index is 12.8. The molecule has 1 fully saturated rings. The third-order valence-electron chi connectivity index (χ3n) is 9.36. The van der Waals surface area contributed by atoms with Gasteiger partial charge in [0.15, 0.2) is 6.10 Å². The summed E-state index contributed by atoms with van der Waals surface area (Å²) in [4.78, 5) is 35.6. The minimum Gasteiger partial charge on any atom is -0.462 e. The third kappa shape index (κ3) is 27.0. The molecule has 0 bridgehead atoms. The summed E-state index contributed by atoms with van der Waals surface area (Å²) in [5.41, 5.74) is 0. The molecule has 9 atom stereocenters. The number of carbonyl (C=O) groups excluding carboxylic acids is 2. The van der Waals surface area contributed by atoms with Crippen LogP contribution in [0.5, 0.6) is 0 Å². The molecule has 7 N–H and O–H groups in total. The van der Waals surface area contributed by atoms with Gasteiger partial charge in [-0.25, -0.2) is 4.57 Å². The fraction of sp³-hybridized carbons (Fsp3) is 0.644. The van der Waals surface area contributed by atoms with Gasteiger partial charge in [0.1, 0.15) is 43.2 Å². The van der Waals surface area contributed by atoms with E-state index in [9.17, 15) is 49.7 Å². The van der Waals surface area contributed by atoms with Crippen LogP contribution in [-0.2, 0) is 32.7 Å². The van der Waals surface area contributed by atoms with Gasteiger partial charge in [0, 0.05) is 12.8 Å². The number of carbonyl (C=O) groups is 2. The molecule has 3 unspecified atom stereocenters. The van der Waals surface area contributed by atoms with Crippen LogP contribution < -0.4 is 0 Å². The summed E-state index contributed by atoms with van der Waals surface area (Å²) in [5.74, 6) is -1.21. The van der Waals surface area contributed by atoms with Crippen molar-refractivity contribution in [1.82, 2.24) is 0 Å². The van der Waals surface area contributed by atoms with E-state index in [4.69, 9.17) is 18.5 Å². The van der Waals surface area contributed by atoms with Gasteiger partial charge in [-0.1, -0.05) is 125 Å². The van der Waals surface area contributed by atoms with Gasteiger partial charge in [-0.2, -0.15) is 0 Å². The lowest BCUT2D eigenvalue weighted by atomic mass is 9.85. The van der Waals surface area contributed by atoms with Crippen molar-refractivity contribution in [2.45, 2.75) is 172 Å². The Bertz CT molecular complexity index is 1390. The van der Waals surface area contributed by atoms with E-state index in [2.05, 4.69) is 49.5 Å². The molecule has 1 rings (SSSR count). The second-order valence-electron chi connectivity index (χ2n) is 14.7. The van der Waals surface area contributed by atoms with E-state index in [1.807, 2.05) is 43.4 Å². The van der Waals surface area contributed by atoms with Gasteiger partial charge in [0.05, 0.1) is 12.7 Å². The van der Waals surface area contributed by atoms with Crippen LogP contribution in [-0.4, -0.2) is 110 Å². The Morgan fingerprint density at radius 2 is 1.10 bits per heavy atom. The van der Waals surface area contributed by atoms with Crippen LogP contribution >= 0.6 is 7.82 Å². The number of hydrogen-bond donors (Lipinski definition) is 7. The number of allylic oxidation sites excluding steroid dienone is 13. The van der Waals surface area contributed by atoms with E-state index in [-0.39, 0.29) is 12.8 Å². The summed E-state index contributed by atoms with van der Waals surface area (Å²) in [7, 11) is -5.15. The molecule has 1 aliphatic carbocycles. The first kappa shape index (κ1) is 55.0. The Kier molecular flexibility index (Phi) is 31.7. The molecular formula is C45H73O14P. The number of aliphatic hydroxyl groups is 6. The first-order chi connectivity index (χ1) is 28.8. The minimum atomic E-state index is -5.15. The number of phosphoric acid groups is 1. The van der Waals surface area contributed by atoms with Gasteiger partial charge in [-0.15, -0.1) is 0 Å². The van der Waals surface area contributed by atoms with E-state index < -0.39 is 81.8 Å². The molecule has 0 saturated heterocycles. The summed E-state index contributed by atoms with van der Waals surface area (Å²) < 4.78 is 33.3. The molecule has 0 aromatic heterocycles. The second kappa shape index (κ2) is 34.6. The van der Waals surface area contributed by atoms with E-state index in [0.29, 0.717) is 25.7 Å². The molecule has 0 amide bonds. The van der Waals surface area contributed by atoms with Gasteiger partial charge < -0.3 is 45.0 Å². The third-order valence-corrected chi connectivity index (χ3v) is 10.3. The zero-order valence-electron chi connectivity index (χ0n) is 35.6. The zero-order chi connectivity index (χ0) is 44.4. The summed E-state index contributed by atoms with van der Waals surface area (Å²) in [6.45, 7) is 2.81. The van der Waals surface area contributed by atoms with Crippen LogP contribution in [0.2, 0.25) is 0 Å². The van der Waals surface area contributed by atoms with Crippen molar-refractivity contribution in [3.05, 3.63) is 85.1 Å². The highest BCUT2D eigenvalue weighted by Gasteiger charge is 2.51. The lowest BCUT2D eigenvalue weighted by Gasteiger charge is -2.41. The quantitative estimate of drug-likeness (QED) is 0.0120. The molecular weight excluding hydrogens is 795 g/mol. The zero-order valence-corrected chi connectivity index (χ0v) is 36.5. The van der Waals surface area contributed by atoms with Crippen molar-refractivity contribution in [2.75, 3.05) is 13.2 Å². The molecule has 342 valence electrons. The second-order valence-corrected chi connectivity index (χ2v) is 16.1. The van der Waals surface area contributed by atoms with Gasteiger partial charge in [-0.05, 0) is 70.6 Å². The Morgan fingerprint density at radius 1 is 0.600 bits per heavy atom. The van der Waals surface area contributed by atoms with Crippen molar-refractivity contribution < 1.29 is 68.2 Å². The van der Waals surface area contributed by atoms with E-state index in [0.717, 1.165) is 70.6 Å². The molecule has 1 saturated carbocycles. The Hall–Kier alpha value is -3.01. The minimum absolute atomic E-state index is 0.00348. The van der Waals surface area contributed by atoms with Crippen molar-refractivity contribution >= 4 is 19.8 Å². The molecule has 0 heterocycles. The van der Waals surface area contributed by atoms with Crippen molar-refractivity contribution in [3.8, 4) is 0 Å². The first-order valence-electron chi connectivity index (χ1n) is 21.5. The highest BCUT2D eigenvalue weighted by Crippen LogP contribution is 2.47. The van der Waals surface area contributed by atoms with Crippen LogP contribution in [0.3, 0.4) is 0 Å². The molecule has 0 aromatic carbocycles. The largest absolute Gasteiger partial charge is 0.472 e. The van der Waals surface area contributed by atoms with Gasteiger partial charge in [-0.3, -0.25) is 18.6 Å². The van der Waals surface area contributed by atoms with Crippen LogP contribution in [0, 0.1) is 0 Å². The predicted molar refractivity (Wildman–Crippen MR) is 231 cm³/mol. The topological polar surface area (TPSA) is 230 Å². The van der Waals surface area contributed by atoms with E-state index in [1.54, 1.807) is 6.08 Å². The highest BCUT2D eigenvalue weighted by molar-refractivity contribution is 7.47. The number of aliphatic hydroxyl groups excluding tert-OH is 6. The Balaban J connectivity index is 2.56. The fourth-order valence-electron chi connectivity index (χ4n) is 5.72. The number of phosphoric ester groups is 1. The predicted octanol–water partition coefficient (Wildman–Crippen LogP) is 6.69. The molecule has 0 aliphatic heterocycles. The summed E-state index contributed by atoms with van der Waals surface area (Å²) >= 11 is 0. The number of rotatable bonds is 33. The monoisotopic (exact) mass is 868 g/mol. The molecule has 60 heavy (non-hydrogen) atoms. The number of unbranched alkanes of at least 4 members (excludes halogenated alkanes) is 7. The lowest BCUT2D eigenvalue weighted by molar-refractivity contribution is -0.220. The molecule has 1 aliphatic rings. The number of esters is 2. The van der Waals surface area contributed by atoms with Crippen LogP contribution in [0.15, 0.2) is 85.1 Å². The van der Waals surface area contributed by atoms with Crippen LogP contribution in [0.4, 0.5) is 0 Å². The summed E-state index contributed by atoms with van der Waals surface area (Å²) in [6.07, 6.45) is 27.4. The van der Waals surface area contributed by atoms with E-state index >= 15 is 0 Å². The normalized spacial score (nSPS) is 23.6. The fourth-order valence-corrected chi connectivity index (χ4v) is 6.69. The standard InChI is InChI=1S/C45H73O14P/c1-3-5-6-7-8-9-10-13-17-20-23-26-29-32-38(47)56-34-37(35-57-60(54,55)59-45-43(52)41(50)40(49)42(51)44(45)53)58-39(48)33-30-27-24-21-18-15-12-11-14-16-19-22-25-28-31-36(46)4-2/h6-7,9-10,12,14-16,21-22,24-25,28,31,36-37,40-46,49-53H,3-5,8,11,13,17-20,23,26-27,29-30,32-35H2,1-2H3,(H,54,55)/b7-6-,10-9-,15-12-,16-14-,24-21-,25-22-,31-28+/t36-,37-,40?,41-,42+,43-,44-,45?/m1/s1. The Morgan fingerprint density at radius 3 is 1.70 bits per heavy atom. The molecule has 0 spiro atoms. The summed E-state index contributed by atoms with van der Waals surface area (Å²) in [6, 6.07) is 0. The molecule has 0 radical (unpaired) electrons. The molecule has 14 nitrogen and oxygen atoms in total. The summed E-state index contributed by atoms with van der Waals surface area (Å²) in [5, 5.41) is 59.5. The van der Waals surface area contributed by atoms with Crippen molar-refractivity contribution in [1.29, 1.82) is 0 Å². The smallest absolute Gasteiger partial charge is 0.462 e. The van der Waals surface area contributed by atoms with Gasteiger partial charge >= 0.3 is 19.8 Å². The maximum absolute atomic E-state index is 12.8. The number of ether oxygens (including phenoxy) is 2. The first-order valence-corrected chi connectivity index (χ1v) is 23.0. The highest BCUT2D eigenvalue weighted by atomic mass is 31.2. The Labute approximate surface area is 357 Å². The van der Waals surface area contributed by atoms with Crippen LogP contribution in [0.25, 0.3) is 0 Å². The SMILES string of the molecule is CCC/C=C\C/C=C\CCCCCCCC(=O)OC[C@H](COP(=O)(O)OC1[C@H](O)[C@H](O)C(O)[C@H](O)[C@H]1O)OC(=O)CCC/C=C\C/C=C\C/C=C\C/C=C\C=C\[C@H](O)CC. The average molecular weight is 869 g/mol. The van der Waals surface area contributed by atoms with Gasteiger partial charge in [0.25, 0.3) is 0 Å². The molecule has 15 heteroatoms. The van der Waals surface area contributed by atoms with Crippen molar-refractivity contribution in [2.24, 2.45) is 0 Å². The molecule has 0 aromatic rings. The average Bonchev–Trinajstić information content (AvgIpc) is 3.23.